The van der Waals surface area contributed by atoms with E-state index in [9.17, 15) is 8.42 Å². The highest BCUT2D eigenvalue weighted by Gasteiger charge is 2.47. The lowest BCUT2D eigenvalue weighted by molar-refractivity contribution is 0.601. The molecule has 1 fully saturated rings. The second-order valence-electron chi connectivity index (χ2n) is 7.18. The number of benzene rings is 2. The van der Waals surface area contributed by atoms with Crippen LogP contribution < -0.4 is 4.90 Å². The zero-order valence-corrected chi connectivity index (χ0v) is 18.4. The summed E-state index contributed by atoms with van der Waals surface area (Å²) in [5.41, 5.74) is 4.68. The number of nitrogens with zero attached hydrogens (tertiary/aromatic N) is 2. The van der Waals surface area contributed by atoms with Gasteiger partial charge in [0, 0.05) is 15.9 Å². The van der Waals surface area contributed by atoms with Gasteiger partial charge >= 0.3 is 0 Å². The Morgan fingerprint density at radius 1 is 1.11 bits per heavy atom. The van der Waals surface area contributed by atoms with Gasteiger partial charge in [-0.25, -0.2) is 8.42 Å². The van der Waals surface area contributed by atoms with Crippen molar-refractivity contribution in [2.75, 3.05) is 16.4 Å². The number of sulfone groups is 1. The fourth-order valence-corrected chi connectivity index (χ4v) is 6.73. The lowest BCUT2D eigenvalue weighted by Gasteiger charge is -2.27. The topological polar surface area (TPSA) is 49.7 Å². The molecule has 2 aromatic carbocycles. The number of anilines is 1. The summed E-state index contributed by atoms with van der Waals surface area (Å²) in [6.07, 6.45) is 0. The first-order valence-electron chi connectivity index (χ1n) is 8.84. The minimum Gasteiger partial charge on any atom is -0.315 e. The summed E-state index contributed by atoms with van der Waals surface area (Å²) < 4.78 is 25.4. The van der Waals surface area contributed by atoms with E-state index in [2.05, 4.69) is 65.0 Å². The van der Waals surface area contributed by atoms with E-state index in [0.717, 1.165) is 21.1 Å². The van der Waals surface area contributed by atoms with E-state index in [1.165, 1.54) is 16.7 Å². The number of thioether (sulfide) groups is 1. The van der Waals surface area contributed by atoms with Gasteiger partial charge in [0.2, 0.25) is 0 Å². The van der Waals surface area contributed by atoms with Crippen molar-refractivity contribution in [1.29, 1.82) is 0 Å². The van der Waals surface area contributed by atoms with Crippen LogP contribution in [0.2, 0.25) is 0 Å². The van der Waals surface area contributed by atoms with Crippen molar-refractivity contribution in [2.24, 2.45) is 4.99 Å². The molecule has 1 saturated heterocycles. The van der Waals surface area contributed by atoms with E-state index in [4.69, 9.17) is 4.99 Å². The molecule has 7 heteroatoms. The lowest BCUT2D eigenvalue weighted by atomic mass is 10.1. The minimum atomic E-state index is -3.02. The maximum Gasteiger partial charge on any atom is 0.164 e. The van der Waals surface area contributed by atoms with Crippen molar-refractivity contribution >= 4 is 48.4 Å². The van der Waals surface area contributed by atoms with Crippen molar-refractivity contribution < 1.29 is 8.42 Å². The second kappa shape index (κ2) is 7.26. The van der Waals surface area contributed by atoms with Gasteiger partial charge in [0.15, 0.2) is 15.0 Å². The summed E-state index contributed by atoms with van der Waals surface area (Å²) in [5, 5.41) is 0.922. The molecule has 2 aromatic rings. The largest absolute Gasteiger partial charge is 0.315 e. The number of fused-ring (bicyclic) bond motifs is 1. The van der Waals surface area contributed by atoms with Gasteiger partial charge in [-0.15, -0.1) is 0 Å². The second-order valence-corrected chi connectivity index (χ2v) is 11.2. The van der Waals surface area contributed by atoms with Crippen molar-refractivity contribution in [3.8, 4) is 0 Å². The van der Waals surface area contributed by atoms with Gasteiger partial charge in [-0.1, -0.05) is 45.9 Å². The first-order chi connectivity index (χ1) is 12.8. The fourth-order valence-electron chi connectivity index (χ4n) is 3.54. The van der Waals surface area contributed by atoms with Gasteiger partial charge in [0.1, 0.15) is 0 Å². The van der Waals surface area contributed by atoms with E-state index in [1.807, 2.05) is 12.1 Å². The van der Waals surface area contributed by atoms with Crippen molar-refractivity contribution in [3.05, 3.63) is 63.6 Å². The Kier molecular flexibility index (Phi) is 5.12. The number of aryl methyl sites for hydroxylation is 2. The van der Waals surface area contributed by atoms with Crippen molar-refractivity contribution in [3.63, 3.8) is 0 Å². The summed E-state index contributed by atoms with van der Waals surface area (Å²) in [5.74, 6) is 1.14. The molecule has 2 aliphatic heterocycles. The third-order valence-electron chi connectivity index (χ3n) is 5.16. The molecule has 2 unspecified atom stereocenters. The standard InChI is InChI=1S/C20H21BrN2O2S2/c1-13-3-8-17(9-14(13)2)23-19-12-27(24,25)11-18(19)22-20(23)26-10-15-4-6-16(21)7-5-15/h3-9,18-19H,10-12H2,1-2H3. The zero-order chi connectivity index (χ0) is 19.2. The summed E-state index contributed by atoms with van der Waals surface area (Å²) in [4.78, 5) is 6.95. The van der Waals surface area contributed by atoms with Crippen molar-refractivity contribution in [1.82, 2.24) is 0 Å². The van der Waals surface area contributed by atoms with Gasteiger partial charge < -0.3 is 4.90 Å². The molecule has 0 bridgehead atoms. The molecule has 0 spiro atoms. The van der Waals surface area contributed by atoms with E-state index in [0.29, 0.717) is 0 Å². The van der Waals surface area contributed by atoms with Crippen LogP contribution in [0.3, 0.4) is 0 Å². The summed E-state index contributed by atoms with van der Waals surface area (Å²) in [6, 6.07) is 14.3. The van der Waals surface area contributed by atoms with Gasteiger partial charge in [0.05, 0.1) is 23.6 Å². The number of amidine groups is 1. The third-order valence-corrected chi connectivity index (χ3v) is 8.42. The van der Waals surface area contributed by atoms with Gasteiger partial charge in [0.25, 0.3) is 0 Å². The Balaban J connectivity index is 1.63. The smallest absolute Gasteiger partial charge is 0.164 e. The summed E-state index contributed by atoms with van der Waals surface area (Å²) in [7, 11) is -3.02. The number of aliphatic imine (C=N–C) groups is 1. The molecule has 0 N–H and O–H groups in total. The zero-order valence-electron chi connectivity index (χ0n) is 15.2. The van der Waals surface area contributed by atoms with E-state index in [1.54, 1.807) is 11.8 Å². The van der Waals surface area contributed by atoms with Crippen LogP contribution in [-0.4, -0.2) is 37.2 Å². The van der Waals surface area contributed by atoms with Crippen LogP contribution in [0.25, 0.3) is 0 Å². The Morgan fingerprint density at radius 2 is 1.85 bits per heavy atom. The van der Waals surface area contributed by atoms with Crippen LogP contribution in [0.15, 0.2) is 51.9 Å². The highest BCUT2D eigenvalue weighted by atomic mass is 79.9. The molecule has 4 rings (SSSR count). The van der Waals surface area contributed by atoms with E-state index >= 15 is 0 Å². The number of rotatable bonds is 3. The molecular formula is C20H21BrN2O2S2. The molecule has 2 heterocycles. The Morgan fingerprint density at radius 3 is 2.56 bits per heavy atom. The fraction of sp³-hybridized carbons (Fsp3) is 0.350. The van der Waals surface area contributed by atoms with Gasteiger partial charge in [-0.3, -0.25) is 4.99 Å². The predicted octanol–water partition coefficient (Wildman–Crippen LogP) is 4.34. The van der Waals surface area contributed by atoms with Crippen LogP contribution in [-0.2, 0) is 15.6 Å². The molecule has 0 aliphatic carbocycles. The Bertz CT molecular complexity index is 1000. The van der Waals surface area contributed by atoms with Gasteiger partial charge in [-0.05, 0) is 54.8 Å². The van der Waals surface area contributed by atoms with Crippen LogP contribution >= 0.6 is 27.7 Å². The molecule has 4 nitrogen and oxygen atoms in total. The quantitative estimate of drug-likeness (QED) is 0.677. The average molecular weight is 465 g/mol. The highest BCUT2D eigenvalue weighted by molar-refractivity contribution is 9.10. The van der Waals surface area contributed by atoms with Crippen LogP contribution in [0.4, 0.5) is 5.69 Å². The van der Waals surface area contributed by atoms with Crippen LogP contribution in [0, 0.1) is 13.8 Å². The van der Waals surface area contributed by atoms with Crippen LogP contribution in [0.5, 0.6) is 0 Å². The maximum atomic E-state index is 12.2. The lowest BCUT2D eigenvalue weighted by Crippen LogP contribution is -2.39. The summed E-state index contributed by atoms with van der Waals surface area (Å²) >= 11 is 5.14. The van der Waals surface area contributed by atoms with E-state index < -0.39 is 9.84 Å². The first-order valence-corrected chi connectivity index (χ1v) is 12.4. The van der Waals surface area contributed by atoms with Crippen molar-refractivity contribution in [2.45, 2.75) is 31.7 Å². The SMILES string of the molecule is Cc1ccc(N2C(SCc3ccc(Br)cc3)=NC3CS(=O)(=O)CC32)cc1C. The molecule has 2 aliphatic rings. The maximum absolute atomic E-state index is 12.2. The normalized spacial score (nSPS) is 23.4. The molecule has 27 heavy (non-hydrogen) atoms. The molecule has 2 atom stereocenters. The predicted molar refractivity (Wildman–Crippen MR) is 117 cm³/mol. The molecule has 142 valence electrons. The Hall–Kier alpha value is -1.31. The first kappa shape index (κ1) is 19.0. The highest BCUT2D eigenvalue weighted by Crippen LogP contribution is 2.36. The van der Waals surface area contributed by atoms with Crippen LogP contribution in [0.1, 0.15) is 16.7 Å². The molecular weight excluding hydrogens is 444 g/mol. The molecule has 0 amide bonds. The third kappa shape index (κ3) is 3.96. The number of halogens is 1. The molecule has 0 aromatic heterocycles. The Labute approximate surface area is 173 Å². The monoisotopic (exact) mass is 464 g/mol. The average Bonchev–Trinajstić information content (AvgIpc) is 3.08. The van der Waals surface area contributed by atoms with E-state index in [-0.39, 0.29) is 23.6 Å². The molecule has 0 saturated carbocycles. The minimum absolute atomic E-state index is 0.0930. The molecule has 0 radical (unpaired) electrons. The number of hydrogen-bond acceptors (Lipinski definition) is 5. The number of hydrogen-bond donors (Lipinski definition) is 0. The van der Waals surface area contributed by atoms with Gasteiger partial charge in [-0.2, -0.15) is 0 Å². The summed E-state index contributed by atoms with van der Waals surface area (Å²) in [6.45, 7) is 4.17.